The van der Waals surface area contributed by atoms with Crippen LogP contribution in [0.2, 0.25) is 5.02 Å². The van der Waals surface area contributed by atoms with Crippen LogP contribution in [0.4, 0.5) is 5.69 Å². The smallest absolute Gasteiger partial charge is 0.280 e. The first kappa shape index (κ1) is 14.8. The molecule has 0 unspecified atom stereocenters. The summed E-state index contributed by atoms with van der Waals surface area (Å²) in [6.07, 6.45) is 1.80. The number of hydrazone groups is 1. The van der Waals surface area contributed by atoms with Gasteiger partial charge >= 0.3 is 0 Å². The fraction of sp³-hybridized carbons (Fsp3) is 0.111. The standard InChI is InChI=1S/C18H13ClN2O3/c1-11-15(7-12-5-6-16-17(8-12)24-10-23-16)18(22)21(20-11)14-4-2-3-13(19)9-14/h2-9H,10H2,1H3. The van der Waals surface area contributed by atoms with Crippen molar-refractivity contribution < 1.29 is 14.3 Å². The molecule has 0 spiro atoms. The topological polar surface area (TPSA) is 51.1 Å². The van der Waals surface area contributed by atoms with Crippen molar-refractivity contribution in [3.63, 3.8) is 0 Å². The first-order valence-electron chi connectivity index (χ1n) is 7.39. The Morgan fingerprint density at radius 2 is 2.00 bits per heavy atom. The highest BCUT2D eigenvalue weighted by molar-refractivity contribution is 6.33. The maximum Gasteiger partial charge on any atom is 0.280 e. The van der Waals surface area contributed by atoms with E-state index in [4.69, 9.17) is 21.1 Å². The number of anilines is 1. The number of ether oxygens (including phenoxy) is 2. The van der Waals surface area contributed by atoms with E-state index < -0.39 is 0 Å². The van der Waals surface area contributed by atoms with Gasteiger partial charge in [0, 0.05) is 5.02 Å². The largest absolute Gasteiger partial charge is 0.454 e. The Bertz CT molecular complexity index is 905. The summed E-state index contributed by atoms with van der Waals surface area (Å²) in [5.74, 6) is 1.20. The molecule has 0 atom stereocenters. The molecule has 0 N–H and O–H groups in total. The van der Waals surface area contributed by atoms with E-state index in [2.05, 4.69) is 5.10 Å². The second-order valence-corrected chi connectivity index (χ2v) is 5.89. The van der Waals surface area contributed by atoms with Gasteiger partial charge in [-0.15, -0.1) is 0 Å². The molecule has 6 heteroatoms. The Morgan fingerprint density at radius 3 is 2.83 bits per heavy atom. The number of hydrogen-bond acceptors (Lipinski definition) is 4. The third-order valence-electron chi connectivity index (χ3n) is 3.82. The molecule has 4 rings (SSSR count). The number of fused-ring (bicyclic) bond motifs is 1. The molecule has 2 aromatic rings. The number of carbonyl (C=O) groups excluding carboxylic acids is 1. The zero-order chi connectivity index (χ0) is 16.7. The van der Waals surface area contributed by atoms with Gasteiger partial charge in [0.15, 0.2) is 11.5 Å². The van der Waals surface area contributed by atoms with Crippen LogP contribution in [0.15, 0.2) is 53.1 Å². The highest BCUT2D eigenvalue weighted by atomic mass is 35.5. The average Bonchev–Trinajstić information content (AvgIpc) is 3.14. The van der Waals surface area contributed by atoms with Gasteiger partial charge in [-0.3, -0.25) is 4.79 Å². The minimum Gasteiger partial charge on any atom is -0.454 e. The summed E-state index contributed by atoms with van der Waals surface area (Å²) in [6.45, 7) is 2.03. The molecule has 0 saturated carbocycles. The van der Waals surface area contributed by atoms with Crippen LogP contribution in [-0.4, -0.2) is 18.4 Å². The Morgan fingerprint density at radius 1 is 1.17 bits per heavy atom. The molecule has 1 amide bonds. The van der Waals surface area contributed by atoms with Crippen LogP contribution in [-0.2, 0) is 4.79 Å². The molecule has 0 fully saturated rings. The van der Waals surface area contributed by atoms with Crippen molar-refractivity contribution in [3.05, 3.63) is 58.6 Å². The molecule has 120 valence electrons. The van der Waals surface area contributed by atoms with Crippen molar-refractivity contribution in [2.45, 2.75) is 6.92 Å². The van der Waals surface area contributed by atoms with E-state index in [-0.39, 0.29) is 12.7 Å². The van der Waals surface area contributed by atoms with Crippen LogP contribution >= 0.6 is 11.6 Å². The number of nitrogens with zero attached hydrogens (tertiary/aromatic N) is 2. The predicted molar refractivity (Wildman–Crippen MR) is 92.6 cm³/mol. The Hall–Kier alpha value is -2.79. The third kappa shape index (κ3) is 2.53. The number of halogens is 1. The van der Waals surface area contributed by atoms with E-state index in [9.17, 15) is 4.79 Å². The van der Waals surface area contributed by atoms with Gasteiger partial charge in [0.2, 0.25) is 6.79 Å². The van der Waals surface area contributed by atoms with Crippen LogP contribution in [0, 0.1) is 0 Å². The summed E-state index contributed by atoms with van der Waals surface area (Å²) in [5.41, 5.74) is 2.68. The van der Waals surface area contributed by atoms with Gasteiger partial charge in [-0.05, 0) is 48.9 Å². The molecule has 2 heterocycles. The normalized spacial score (nSPS) is 17.6. The van der Waals surface area contributed by atoms with Crippen molar-refractivity contribution >= 4 is 35.0 Å². The number of hydrogen-bond donors (Lipinski definition) is 0. The summed E-state index contributed by atoms with van der Waals surface area (Å²) < 4.78 is 10.7. The van der Waals surface area contributed by atoms with E-state index in [1.165, 1.54) is 5.01 Å². The molecule has 5 nitrogen and oxygen atoms in total. The first-order chi connectivity index (χ1) is 11.6. The van der Waals surface area contributed by atoms with Gasteiger partial charge in [0.1, 0.15) is 0 Å². The summed E-state index contributed by atoms with van der Waals surface area (Å²) in [5, 5.41) is 6.27. The quantitative estimate of drug-likeness (QED) is 0.780. The minimum atomic E-state index is -0.188. The number of benzene rings is 2. The monoisotopic (exact) mass is 340 g/mol. The second kappa shape index (κ2) is 5.69. The summed E-state index contributed by atoms with van der Waals surface area (Å²) in [7, 11) is 0. The lowest BCUT2D eigenvalue weighted by atomic mass is 10.1. The third-order valence-corrected chi connectivity index (χ3v) is 4.06. The van der Waals surface area contributed by atoms with Crippen LogP contribution in [0.25, 0.3) is 6.08 Å². The molecule has 0 aromatic heterocycles. The molecule has 2 aromatic carbocycles. The van der Waals surface area contributed by atoms with Gasteiger partial charge in [-0.2, -0.15) is 10.1 Å². The van der Waals surface area contributed by atoms with E-state index in [0.29, 0.717) is 33.5 Å². The Labute approximate surface area is 143 Å². The minimum absolute atomic E-state index is 0.188. The van der Waals surface area contributed by atoms with Gasteiger partial charge in [0.25, 0.3) is 5.91 Å². The molecule has 0 saturated heterocycles. The van der Waals surface area contributed by atoms with Crippen molar-refractivity contribution in [1.82, 2.24) is 0 Å². The lowest BCUT2D eigenvalue weighted by molar-refractivity contribution is -0.114. The molecule has 0 radical (unpaired) electrons. The van der Waals surface area contributed by atoms with Gasteiger partial charge in [-0.25, -0.2) is 0 Å². The van der Waals surface area contributed by atoms with E-state index >= 15 is 0 Å². The molecule has 2 aliphatic heterocycles. The zero-order valence-corrected chi connectivity index (χ0v) is 13.6. The average molecular weight is 341 g/mol. The van der Waals surface area contributed by atoms with Crippen LogP contribution in [0.5, 0.6) is 11.5 Å². The summed E-state index contributed by atoms with van der Waals surface area (Å²) in [4.78, 5) is 12.7. The van der Waals surface area contributed by atoms with Crippen LogP contribution < -0.4 is 14.5 Å². The maximum atomic E-state index is 12.7. The van der Waals surface area contributed by atoms with Crippen molar-refractivity contribution in [2.24, 2.45) is 5.10 Å². The van der Waals surface area contributed by atoms with E-state index in [1.54, 1.807) is 37.3 Å². The second-order valence-electron chi connectivity index (χ2n) is 5.45. The fourth-order valence-electron chi connectivity index (χ4n) is 2.64. The number of rotatable bonds is 2. The SMILES string of the molecule is CC1=NN(c2cccc(Cl)c2)C(=O)C1=Cc1ccc2c(c1)OCO2. The molecule has 2 aliphatic rings. The molecular weight excluding hydrogens is 328 g/mol. The molecule has 0 aliphatic carbocycles. The van der Waals surface area contributed by atoms with Gasteiger partial charge in [0.05, 0.1) is 17.0 Å². The summed E-state index contributed by atoms with van der Waals surface area (Å²) >= 11 is 6.00. The van der Waals surface area contributed by atoms with Gasteiger partial charge in [-0.1, -0.05) is 23.7 Å². The lowest BCUT2D eigenvalue weighted by Crippen LogP contribution is -2.21. The fourth-order valence-corrected chi connectivity index (χ4v) is 2.82. The van der Waals surface area contributed by atoms with Crippen molar-refractivity contribution in [3.8, 4) is 11.5 Å². The zero-order valence-electron chi connectivity index (χ0n) is 12.8. The highest BCUT2D eigenvalue weighted by Crippen LogP contribution is 2.34. The molecule has 24 heavy (non-hydrogen) atoms. The van der Waals surface area contributed by atoms with Crippen LogP contribution in [0.1, 0.15) is 12.5 Å². The Kier molecular flexibility index (Phi) is 3.50. The van der Waals surface area contributed by atoms with Crippen molar-refractivity contribution in [1.29, 1.82) is 0 Å². The lowest BCUT2D eigenvalue weighted by Gasteiger charge is -2.11. The molecular formula is C18H13ClN2O3. The number of carbonyl (C=O) groups is 1. The molecule has 0 bridgehead atoms. The predicted octanol–water partition coefficient (Wildman–Crippen LogP) is 3.87. The maximum absolute atomic E-state index is 12.7. The van der Waals surface area contributed by atoms with Crippen molar-refractivity contribution in [2.75, 3.05) is 11.8 Å². The summed E-state index contributed by atoms with van der Waals surface area (Å²) in [6, 6.07) is 12.6. The van der Waals surface area contributed by atoms with Gasteiger partial charge < -0.3 is 9.47 Å². The van der Waals surface area contributed by atoms with E-state index in [1.807, 2.05) is 18.2 Å². The highest BCUT2D eigenvalue weighted by Gasteiger charge is 2.29. The number of amides is 1. The van der Waals surface area contributed by atoms with E-state index in [0.717, 1.165) is 5.56 Å². The first-order valence-corrected chi connectivity index (χ1v) is 7.76. The van der Waals surface area contributed by atoms with Crippen LogP contribution in [0.3, 0.4) is 0 Å². The Balaban J connectivity index is 1.67.